The van der Waals surface area contributed by atoms with Gasteiger partial charge in [-0.3, -0.25) is 19.2 Å². The molecule has 3 amide bonds. The number of fused-ring (bicyclic) bond motifs is 2. The van der Waals surface area contributed by atoms with Crippen molar-refractivity contribution in [2.45, 2.75) is 63.0 Å². The van der Waals surface area contributed by atoms with Gasteiger partial charge in [0.2, 0.25) is 11.8 Å². The molecule has 2 N–H and O–H groups in total. The molecule has 7 atom stereocenters. The van der Waals surface area contributed by atoms with Crippen LogP contribution >= 0.6 is 11.6 Å². The molecule has 2 saturated heterocycles. The zero-order valence-electron chi connectivity index (χ0n) is 25.8. The van der Waals surface area contributed by atoms with Crippen LogP contribution in [0.15, 0.2) is 72.8 Å². The van der Waals surface area contributed by atoms with Gasteiger partial charge < -0.3 is 29.7 Å². The van der Waals surface area contributed by atoms with Crippen LogP contribution in [0.5, 0.6) is 0 Å². The van der Waals surface area contributed by atoms with E-state index in [4.69, 9.17) is 21.1 Å². The molecular formula is C35H38ClN3O7. The van der Waals surface area contributed by atoms with Crippen LogP contribution in [0.25, 0.3) is 0 Å². The zero-order valence-corrected chi connectivity index (χ0v) is 26.6. The Labute approximate surface area is 273 Å². The van der Waals surface area contributed by atoms with Crippen molar-refractivity contribution in [1.29, 1.82) is 0 Å². The Morgan fingerprint density at radius 2 is 1.85 bits per heavy atom. The number of nitrogens with one attached hydrogen (secondary N) is 1. The average Bonchev–Trinajstić information content (AvgIpc) is 3.44. The van der Waals surface area contributed by atoms with E-state index in [1.54, 1.807) is 41.3 Å². The summed E-state index contributed by atoms with van der Waals surface area (Å²) in [7, 11) is 0. The molecule has 1 spiro atoms. The van der Waals surface area contributed by atoms with E-state index < -0.39 is 59.5 Å². The molecule has 0 aromatic heterocycles. The molecule has 2 aromatic carbocycles. The smallest absolute Gasteiger partial charge is 0.313 e. The molecular weight excluding hydrogens is 610 g/mol. The Kier molecular flexibility index (Phi) is 9.05. The number of aryl methyl sites for hydroxylation is 1. The summed E-state index contributed by atoms with van der Waals surface area (Å²) < 4.78 is 12.9. The molecule has 0 bridgehead atoms. The summed E-state index contributed by atoms with van der Waals surface area (Å²) in [5.41, 5.74) is 0.459. The fourth-order valence-corrected chi connectivity index (χ4v) is 7.64. The fourth-order valence-electron chi connectivity index (χ4n) is 7.32. The Morgan fingerprint density at radius 1 is 1.07 bits per heavy atom. The zero-order chi connectivity index (χ0) is 32.6. The van der Waals surface area contributed by atoms with Crippen LogP contribution < -0.4 is 10.2 Å². The van der Waals surface area contributed by atoms with Crippen molar-refractivity contribution in [2.75, 3.05) is 24.6 Å². The molecule has 0 saturated carbocycles. The van der Waals surface area contributed by atoms with Gasteiger partial charge in [0, 0.05) is 13.0 Å². The van der Waals surface area contributed by atoms with Gasteiger partial charge in [-0.1, -0.05) is 85.3 Å². The van der Waals surface area contributed by atoms with Gasteiger partial charge >= 0.3 is 5.97 Å². The minimum atomic E-state index is -1.53. The summed E-state index contributed by atoms with van der Waals surface area (Å²) in [4.78, 5) is 59.2. The van der Waals surface area contributed by atoms with E-state index in [-0.39, 0.29) is 32.0 Å². The van der Waals surface area contributed by atoms with Crippen LogP contribution in [0, 0.1) is 18.8 Å². The molecule has 4 heterocycles. The highest BCUT2D eigenvalue weighted by Gasteiger charge is 2.72. The molecule has 2 aromatic rings. The van der Waals surface area contributed by atoms with Gasteiger partial charge in [0.1, 0.15) is 23.7 Å². The molecule has 2 fully saturated rings. The number of ether oxygens (including phenoxy) is 2. The number of hydrogen-bond donors (Lipinski definition) is 2. The summed E-state index contributed by atoms with van der Waals surface area (Å²) in [6, 6.07) is 12.6. The lowest BCUT2D eigenvalue weighted by Gasteiger charge is -2.38. The van der Waals surface area contributed by atoms with Crippen LogP contribution in [0.4, 0.5) is 5.69 Å². The fraction of sp³-hybridized carbons (Fsp3) is 0.429. The van der Waals surface area contributed by atoms with Crippen LogP contribution in [-0.4, -0.2) is 77.2 Å². The third kappa shape index (κ3) is 5.42. The van der Waals surface area contributed by atoms with Crippen molar-refractivity contribution in [3.63, 3.8) is 0 Å². The summed E-state index contributed by atoms with van der Waals surface area (Å²) in [6.07, 6.45) is 6.23. The highest BCUT2D eigenvalue weighted by molar-refractivity contribution is 6.34. The average molecular weight is 648 g/mol. The maximum atomic E-state index is 14.8. The lowest BCUT2D eigenvalue weighted by atomic mass is 9.77. The van der Waals surface area contributed by atoms with Crippen LogP contribution in [0.2, 0.25) is 5.02 Å². The number of nitrogens with zero attached hydrogens (tertiary/aromatic N) is 2. The second kappa shape index (κ2) is 13.0. The number of anilines is 1. The summed E-state index contributed by atoms with van der Waals surface area (Å²) in [5.74, 6) is -3.95. The number of rotatable bonds is 5. The third-order valence-electron chi connectivity index (χ3n) is 9.52. The van der Waals surface area contributed by atoms with Gasteiger partial charge in [-0.15, -0.1) is 0 Å². The molecule has 11 heteroatoms. The SMILES string of the molecule is CC[C@@H](CO)N1C(=O)[C@H]2[C@@H]3C(=O)O[C@@H](c4ccccc4)CNC(=O)CC/C=C\[C@@H]3O[C@]23C=CCN(c2c(C)cccc2Cl)C(=O)[C@H]13. The van der Waals surface area contributed by atoms with Crippen LogP contribution in [-0.2, 0) is 28.7 Å². The monoisotopic (exact) mass is 647 g/mol. The number of hydrogen-bond acceptors (Lipinski definition) is 7. The number of para-hydroxylation sites is 1. The molecule has 242 valence electrons. The summed E-state index contributed by atoms with van der Waals surface area (Å²) in [5, 5.41) is 13.7. The van der Waals surface area contributed by atoms with Crippen molar-refractivity contribution >= 4 is 41.0 Å². The Morgan fingerprint density at radius 3 is 2.57 bits per heavy atom. The normalized spacial score (nSPS) is 31.1. The molecule has 4 aliphatic heterocycles. The molecule has 0 aliphatic carbocycles. The second-order valence-electron chi connectivity index (χ2n) is 12.2. The van der Waals surface area contributed by atoms with Gasteiger partial charge in [-0.05, 0) is 37.0 Å². The third-order valence-corrected chi connectivity index (χ3v) is 9.82. The van der Waals surface area contributed by atoms with Crippen molar-refractivity contribution in [1.82, 2.24) is 10.2 Å². The highest BCUT2D eigenvalue weighted by Crippen LogP contribution is 2.54. The Balaban J connectivity index is 1.47. The van der Waals surface area contributed by atoms with Gasteiger partial charge in [0.25, 0.3) is 5.91 Å². The first kappa shape index (κ1) is 32.0. The number of aliphatic hydroxyl groups excluding tert-OH is 1. The molecule has 10 nitrogen and oxygen atoms in total. The number of aliphatic hydroxyl groups is 1. The lowest BCUT2D eigenvalue weighted by Crippen LogP contribution is -2.58. The van der Waals surface area contributed by atoms with E-state index in [9.17, 15) is 24.3 Å². The number of esters is 1. The molecule has 6 rings (SSSR count). The maximum absolute atomic E-state index is 14.8. The van der Waals surface area contributed by atoms with E-state index in [0.717, 1.165) is 5.56 Å². The standard InChI is InChI=1S/C35H38ClN3O7/c1-3-23(20-40)39-31-33(43)38(30-21(2)11-9-14-24(30)36)18-10-17-35(31)29(32(39)42)28-25(46-35)15-7-8-16-27(41)37-19-26(45-34(28)44)22-12-5-4-6-13-22/h4-7,9-15,17,23,25-26,28-29,31,40H,3,8,16,18-20H2,1-2H3,(H,37,41)/b15-7-/t23-,25-,26+,28+,29+,31-,35+/m0/s1. The van der Waals surface area contributed by atoms with Crippen LogP contribution in [0.1, 0.15) is 43.4 Å². The van der Waals surface area contributed by atoms with E-state index in [1.807, 2.05) is 50.2 Å². The molecule has 0 radical (unpaired) electrons. The van der Waals surface area contributed by atoms with Gasteiger partial charge in [-0.25, -0.2) is 0 Å². The number of carbonyl (C=O) groups excluding carboxylic acids is 4. The van der Waals surface area contributed by atoms with Crippen molar-refractivity contribution in [3.05, 3.63) is 89.0 Å². The quantitative estimate of drug-likeness (QED) is 0.375. The first-order valence-electron chi connectivity index (χ1n) is 15.8. The predicted octanol–water partition coefficient (Wildman–Crippen LogP) is 3.65. The highest BCUT2D eigenvalue weighted by atomic mass is 35.5. The summed E-state index contributed by atoms with van der Waals surface area (Å²) in [6.45, 7) is 3.53. The lowest BCUT2D eigenvalue weighted by molar-refractivity contribution is -0.160. The largest absolute Gasteiger partial charge is 0.455 e. The summed E-state index contributed by atoms with van der Waals surface area (Å²) >= 11 is 6.63. The topological polar surface area (TPSA) is 125 Å². The predicted molar refractivity (Wildman–Crippen MR) is 171 cm³/mol. The minimum absolute atomic E-state index is 0.0575. The number of halogens is 1. The van der Waals surface area contributed by atoms with E-state index in [0.29, 0.717) is 29.1 Å². The van der Waals surface area contributed by atoms with Gasteiger partial charge in [0.05, 0.1) is 41.9 Å². The number of likely N-dealkylation sites (tertiary alicyclic amines) is 1. The molecule has 0 unspecified atom stereocenters. The number of benzene rings is 2. The molecule has 46 heavy (non-hydrogen) atoms. The van der Waals surface area contributed by atoms with Crippen LogP contribution in [0.3, 0.4) is 0 Å². The van der Waals surface area contributed by atoms with Crippen molar-refractivity contribution in [2.24, 2.45) is 11.8 Å². The number of carbonyl (C=O) groups is 4. The Bertz CT molecular complexity index is 1550. The van der Waals surface area contributed by atoms with Gasteiger partial charge in [0.15, 0.2) is 0 Å². The van der Waals surface area contributed by atoms with Crippen molar-refractivity contribution < 1.29 is 33.8 Å². The number of amides is 3. The van der Waals surface area contributed by atoms with Crippen molar-refractivity contribution in [3.8, 4) is 0 Å². The van der Waals surface area contributed by atoms with E-state index in [2.05, 4.69) is 5.32 Å². The van der Waals surface area contributed by atoms with E-state index >= 15 is 0 Å². The first-order valence-corrected chi connectivity index (χ1v) is 16.1. The Hall–Kier alpha value is -3.99. The second-order valence-corrected chi connectivity index (χ2v) is 12.6. The maximum Gasteiger partial charge on any atom is 0.313 e. The van der Waals surface area contributed by atoms with E-state index in [1.165, 1.54) is 4.90 Å². The number of cyclic esters (lactones) is 1. The molecule has 4 aliphatic rings. The minimum Gasteiger partial charge on any atom is -0.455 e. The van der Waals surface area contributed by atoms with Gasteiger partial charge in [-0.2, -0.15) is 0 Å². The number of allylic oxidation sites excluding steroid dienone is 1. The first-order chi connectivity index (χ1) is 22.2.